The second-order valence-electron chi connectivity index (χ2n) is 8.16. The van der Waals surface area contributed by atoms with E-state index in [1.54, 1.807) is 6.92 Å². The quantitative estimate of drug-likeness (QED) is 0.723. The first-order valence-electron chi connectivity index (χ1n) is 10.2. The van der Waals surface area contributed by atoms with E-state index in [2.05, 4.69) is 10.2 Å². The number of aromatic hydroxyl groups is 1. The maximum Gasteiger partial charge on any atom is 0.227 e. The van der Waals surface area contributed by atoms with Crippen LogP contribution in [0.1, 0.15) is 42.4 Å². The predicted octanol–water partition coefficient (Wildman–Crippen LogP) is 2.51. The molecule has 1 aliphatic heterocycles. The van der Waals surface area contributed by atoms with Crippen LogP contribution in [0.2, 0.25) is 0 Å². The van der Waals surface area contributed by atoms with Crippen LogP contribution in [0.3, 0.4) is 0 Å². The van der Waals surface area contributed by atoms with Gasteiger partial charge < -0.3 is 24.5 Å². The smallest absolute Gasteiger partial charge is 0.227 e. The Morgan fingerprint density at radius 3 is 2.53 bits per heavy atom. The molecule has 3 rings (SSSR count). The Kier molecular flexibility index (Phi) is 6.95. The molecular weight excluding hydrogens is 384 g/mol. The van der Waals surface area contributed by atoms with E-state index in [0.717, 1.165) is 5.56 Å². The van der Waals surface area contributed by atoms with Crippen molar-refractivity contribution in [1.29, 1.82) is 0 Å². The summed E-state index contributed by atoms with van der Waals surface area (Å²) >= 11 is 0. The summed E-state index contributed by atoms with van der Waals surface area (Å²) in [5.74, 6) is 0.0444. The molecule has 1 saturated heterocycles. The summed E-state index contributed by atoms with van der Waals surface area (Å²) in [6, 6.07) is 11.3. The number of rotatable bonds is 7. The molecule has 0 saturated carbocycles. The molecular formula is C23H30N2O5. The molecule has 7 nitrogen and oxygen atoms in total. The molecule has 7 heteroatoms. The van der Waals surface area contributed by atoms with Gasteiger partial charge in [-0.05, 0) is 39.4 Å². The molecule has 0 bridgehead atoms. The normalized spacial score (nSPS) is 16.9. The van der Waals surface area contributed by atoms with Crippen molar-refractivity contribution in [3.05, 3.63) is 63.7 Å². The first kappa shape index (κ1) is 22.1. The van der Waals surface area contributed by atoms with Crippen LogP contribution in [-0.4, -0.2) is 49.8 Å². The van der Waals surface area contributed by atoms with Gasteiger partial charge in [-0.25, -0.2) is 0 Å². The third-order valence-electron chi connectivity index (χ3n) is 5.78. The van der Waals surface area contributed by atoms with Crippen molar-refractivity contribution in [3.8, 4) is 5.75 Å². The first-order chi connectivity index (χ1) is 14.3. The zero-order valence-corrected chi connectivity index (χ0v) is 17.8. The minimum absolute atomic E-state index is 0.0334. The summed E-state index contributed by atoms with van der Waals surface area (Å²) in [6.07, 6.45) is 1.11. The Bertz CT molecular complexity index is 917. The van der Waals surface area contributed by atoms with Crippen LogP contribution >= 0.6 is 0 Å². The van der Waals surface area contributed by atoms with Gasteiger partial charge in [0, 0.05) is 37.7 Å². The summed E-state index contributed by atoms with van der Waals surface area (Å²) < 4.78 is 11.2. The molecule has 1 amide bonds. The van der Waals surface area contributed by atoms with E-state index in [1.165, 1.54) is 6.07 Å². The van der Waals surface area contributed by atoms with Gasteiger partial charge in [0.2, 0.25) is 17.1 Å². The predicted molar refractivity (Wildman–Crippen MR) is 114 cm³/mol. The molecule has 0 radical (unpaired) electrons. The van der Waals surface area contributed by atoms with Gasteiger partial charge in [-0.1, -0.05) is 30.3 Å². The van der Waals surface area contributed by atoms with Crippen LogP contribution in [0.15, 0.2) is 45.6 Å². The molecule has 2 aromatic rings. The van der Waals surface area contributed by atoms with Crippen LogP contribution in [-0.2, 0) is 14.9 Å². The number of carbonyl (C=O) groups is 1. The lowest BCUT2D eigenvalue weighted by Gasteiger charge is -2.36. The molecule has 2 heterocycles. The highest BCUT2D eigenvalue weighted by molar-refractivity contribution is 5.77. The van der Waals surface area contributed by atoms with E-state index >= 15 is 0 Å². The van der Waals surface area contributed by atoms with Crippen LogP contribution in [0.25, 0.3) is 0 Å². The zero-order valence-electron chi connectivity index (χ0n) is 17.8. The minimum Gasteiger partial charge on any atom is -0.502 e. The van der Waals surface area contributed by atoms with Crippen LogP contribution in [0.4, 0.5) is 0 Å². The average Bonchev–Trinajstić information content (AvgIpc) is 2.72. The number of aryl methyl sites for hydroxylation is 1. The van der Waals surface area contributed by atoms with Crippen molar-refractivity contribution in [3.63, 3.8) is 0 Å². The number of ether oxygens (including phenoxy) is 1. The van der Waals surface area contributed by atoms with Gasteiger partial charge in [0.25, 0.3) is 0 Å². The third-order valence-corrected chi connectivity index (χ3v) is 5.78. The Morgan fingerprint density at radius 2 is 1.90 bits per heavy atom. The van der Waals surface area contributed by atoms with Gasteiger partial charge in [0.1, 0.15) is 5.76 Å². The number of hydrogen-bond acceptors (Lipinski definition) is 6. The van der Waals surface area contributed by atoms with Crippen molar-refractivity contribution in [2.75, 3.05) is 33.9 Å². The Hall–Kier alpha value is -2.64. The SMILES string of the molecule is Cc1cc(=O)c(O)c(C2(CC(=O)NCC(c3ccccc3)N(C)C)CCOCC2)o1. The molecule has 1 unspecified atom stereocenters. The van der Waals surface area contributed by atoms with Crippen LogP contribution in [0, 0.1) is 6.92 Å². The number of benzene rings is 1. The Morgan fingerprint density at radius 1 is 1.23 bits per heavy atom. The second kappa shape index (κ2) is 9.45. The van der Waals surface area contributed by atoms with Crippen molar-refractivity contribution in [1.82, 2.24) is 10.2 Å². The van der Waals surface area contributed by atoms with Crippen LogP contribution < -0.4 is 10.7 Å². The number of amides is 1. The Labute approximate surface area is 176 Å². The summed E-state index contributed by atoms with van der Waals surface area (Å²) in [5, 5.41) is 13.4. The summed E-state index contributed by atoms with van der Waals surface area (Å²) in [5.41, 5.74) is -0.138. The molecule has 1 fully saturated rings. The number of carbonyl (C=O) groups excluding carboxylic acids is 1. The van der Waals surface area contributed by atoms with Crippen molar-refractivity contribution >= 4 is 5.91 Å². The lowest BCUT2D eigenvalue weighted by molar-refractivity contribution is -0.123. The van der Waals surface area contributed by atoms with Crippen molar-refractivity contribution < 1.29 is 19.1 Å². The minimum atomic E-state index is -0.766. The zero-order chi connectivity index (χ0) is 21.7. The molecule has 1 atom stereocenters. The largest absolute Gasteiger partial charge is 0.502 e. The molecule has 2 N–H and O–H groups in total. The average molecular weight is 415 g/mol. The number of nitrogens with zero attached hydrogens (tertiary/aromatic N) is 1. The fourth-order valence-corrected chi connectivity index (χ4v) is 4.06. The van der Waals surface area contributed by atoms with Gasteiger partial charge in [0.15, 0.2) is 5.76 Å². The summed E-state index contributed by atoms with van der Waals surface area (Å²) in [6.45, 7) is 2.99. The summed E-state index contributed by atoms with van der Waals surface area (Å²) in [7, 11) is 3.95. The molecule has 1 aromatic carbocycles. The lowest BCUT2D eigenvalue weighted by atomic mass is 9.74. The lowest BCUT2D eigenvalue weighted by Crippen LogP contribution is -2.42. The maximum atomic E-state index is 13.0. The van der Waals surface area contributed by atoms with Gasteiger partial charge in [-0.15, -0.1) is 0 Å². The van der Waals surface area contributed by atoms with E-state index in [1.807, 2.05) is 44.4 Å². The topological polar surface area (TPSA) is 92.0 Å². The summed E-state index contributed by atoms with van der Waals surface area (Å²) in [4.78, 5) is 27.1. The number of hydrogen-bond donors (Lipinski definition) is 2. The van der Waals surface area contributed by atoms with Gasteiger partial charge in [-0.3, -0.25) is 9.59 Å². The van der Waals surface area contributed by atoms with E-state index in [4.69, 9.17) is 9.15 Å². The molecule has 1 aliphatic rings. The van der Waals surface area contributed by atoms with E-state index in [0.29, 0.717) is 38.4 Å². The number of likely N-dealkylation sites (N-methyl/N-ethyl adjacent to an activating group) is 1. The highest BCUT2D eigenvalue weighted by Gasteiger charge is 2.42. The first-order valence-corrected chi connectivity index (χ1v) is 10.2. The number of nitrogens with one attached hydrogen (secondary N) is 1. The highest BCUT2D eigenvalue weighted by Crippen LogP contribution is 2.41. The standard InChI is InChI=1S/C23H30N2O5/c1-16-13-19(26)21(28)22(30-16)23(9-11-29-12-10-23)14-20(27)24-15-18(25(2)3)17-7-5-4-6-8-17/h4-8,13,18,28H,9-12,14-15H2,1-3H3,(H,24,27). The van der Waals surface area contributed by atoms with Crippen molar-refractivity contribution in [2.45, 2.75) is 37.6 Å². The van der Waals surface area contributed by atoms with Crippen LogP contribution in [0.5, 0.6) is 5.75 Å². The molecule has 162 valence electrons. The highest BCUT2D eigenvalue weighted by atomic mass is 16.5. The Balaban J connectivity index is 1.79. The monoisotopic (exact) mass is 414 g/mol. The van der Waals surface area contributed by atoms with Crippen molar-refractivity contribution in [2.24, 2.45) is 0 Å². The maximum absolute atomic E-state index is 13.0. The van der Waals surface area contributed by atoms with Gasteiger partial charge >= 0.3 is 0 Å². The second-order valence-corrected chi connectivity index (χ2v) is 8.16. The van der Waals surface area contributed by atoms with E-state index in [-0.39, 0.29) is 24.1 Å². The van der Waals surface area contributed by atoms with Gasteiger partial charge in [-0.2, -0.15) is 0 Å². The molecule has 30 heavy (non-hydrogen) atoms. The fourth-order valence-electron chi connectivity index (χ4n) is 4.06. The third kappa shape index (κ3) is 4.91. The van der Waals surface area contributed by atoms with E-state index in [9.17, 15) is 14.7 Å². The van der Waals surface area contributed by atoms with E-state index < -0.39 is 16.6 Å². The fraction of sp³-hybridized carbons (Fsp3) is 0.478. The molecule has 1 aromatic heterocycles. The van der Waals surface area contributed by atoms with Gasteiger partial charge in [0.05, 0.1) is 6.04 Å². The molecule has 0 spiro atoms. The molecule has 0 aliphatic carbocycles.